The predicted molar refractivity (Wildman–Crippen MR) is 159 cm³/mol. The maximum absolute atomic E-state index is 13.8. The Bertz CT molecular complexity index is 1290. The number of hydrogen-bond donors (Lipinski definition) is 4. The molecule has 1 saturated carbocycles. The average molecular weight is 593 g/mol. The van der Waals surface area contributed by atoms with Gasteiger partial charge in [-0.3, -0.25) is 35.6 Å². The lowest BCUT2D eigenvalue weighted by atomic mass is 9.90. The topological polar surface area (TPSA) is 114 Å². The summed E-state index contributed by atoms with van der Waals surface area (Å²) in [5.74, 6) is -0.0140. The summed E-state index contributed by atoms with van der Waals surface area (Å²) in [6.07, 6.45) is 10.9. The molecule has 12 heteroatoms. The van der Waals surface area contributed by atoms with Crippen molar-refractivity contribution < 1.29 is 19.1 Å². The maximum atomic E-state index is 13.8. The number of piperidine rings is 1. The minimum Gasteiger partial charge on any atom is -0.453 e. The van der Waals surface area contributed by atoms with Crippen LogP contribution >= 0.6 is 0 Å². The molecule has 6 unspecified atom stereocenters. The summed E-state index contributed by atoms with van der Waals surface area (Å²) in [6.45, 7) is 4.64. The Hall–Kier alpha value is -2.74. The number of allylic oxidation sites excluding steroid dienone is 1. The summed E-state index contributed by atoms with van der Waals surface area (Å²) in [6, 6.07) is 6.54. The van der Waals surface area contributed by atoms with Crippen molar-refractivity contribution in [2.24, 2.45) is 5.92 Å². The fourth-order valence-corrected chi connectivity index (χ4v) is 8.40. The lowest BCUT2D eigenvalue weighted by molar-refractivity contribution is -0.159. The normalized spacial score (nSPS) is 36.1. The Morgan fingerprint density at radius 3 is 2.88 bits per heavy atom. The van der Waals surface area contributed by atoms with E-state index in [9.17, 15) is 9.59 Å². The van der Waals surface area contributed by atoms with Gasteiger partial charge in [0.05, 0.1) is 56.3 Å². The highest BCUT2D eigenvalue weighted by molar-refractivity contribution is 5.82. The predicted octanol–water partition coefficient (Wildman–Crippen LogP) is 1.28. The van der Waals surface area contributed by atoms with Crippen LogP contribution < -0.4 is 21.3 Å². The van der Waals surface area contributed by atoms with Crippen LogP contribution in [-0.2, 0) is 26.2 Å². The molecule has 43 heavy (non-hydrogen) atoms. The van der Waals surface area contributed by atoms with Crippen LogP contribution in [0, 0.1) is 5.92 Å². The lowest BCUT2D eigenvalue weighted by Crippen LogP contribution is -2.71. The number of methoxy groups -OCH3 is 1. The molecule has 232 valence electrons. The van der Waals surface area contributed by atoms with Crippen LogP contribution in [0.2, 0.25) is 0 Å². The number of benzene rings is 1. The molecule has 12 nitrogen and oxygen atoms in total. The zero-order valence-corrected chi connectivity index (χ0v) is 25.0. The molecule has 7 aliphatic rings. The number of amides is 2. The van der Waals surface area contributed by atoms with E-state index in [1.54, 1.807) is 0 Å². The molecule has 1 spiro atoms. The van der Waals surface area contributed by atoms with Gasteiger partial charge in [-0.2, -0.15) is 5.01 Å². The first kappa shape index (κ1) is 27.8. The molecule has 2 bridgehead atoms. The van der Waals surface area contributed by atoms with Gasteiger partial charge in [0.15, 0.2) is 0 Å². The summed E-state index contributed by atoms with van der Waals surface area (Å²) < 4.78 is 11.3. The Labute approximate surface area is 253 Å². The van der Waals surface area contributed by atoms with Crippen LogP contribution in [0.15, 0.2) is 30.4 Å². The zero-order chi connectivity index (χ0) is 29.1. The van der Waals surface area contributed by atoms with Crippen LogP contribution in [0.4, 0.5) is 10.5 Å². The van der Waals surface area contributed by atoms with Crippen LogP contribution in [-0.4, -0.2) is 109 Å². The number of nitrogens with one attached hydrogen (secondary N) is 4. The molecule has 1 aromatic rings. The van der Waals surface area contributed by atoms with Crippen molar-refractivity contribution in [3.63, 3.8) is 0 Å². The third kappa shape index (κ3) is 4.74. The van der Waals surface area contributed by atoms with Gasteiger partial charge >= 0.3 is 6.09 Å². The van der Waals surface area contributed by atoms with Gasteiger partial charge in [-0.15, -0.1) is 0 Å². The number of hydrogen-bond acceptors (Lipinski definition) is 10. The van der Waals surface area contributed by atoms with E-state index in [0.29, 0.717) is 19.6 Å². The number of hydrazine groups is 1. The molecular formula is C31H44N8O4. The van der Waals surface area contributed by atoms with Gasteiger partial charge in [0.1, 0.15) is 6.29 Å². The van der Waals surface area contributed by atoms with Crippen LogP contribution in [0.1, 0.15) is 49.7 Å². The summed E-state index contributed by atoms with van der Waals surface area (Å²) in [5.41, 5.74) is 3.27. The second-order valence-electron chi connectivity index (χ2n) is 13.0. The van der Waals surface area contributed by atoms with E-state index in [1.807, 2.05) is 9.91 Å². The van der Waals surface area contributed by atoms with Gasteiger partial charge in [-0.25, -0.2) is 4.79 Å². The Balaban J connectivity index is 1.03. The molecule has 8 rings (SSSR count). The van der Waals surface area contributed by atoms with Crippen molar-refractivity contribution in [2.45, 2.75) is 81.4 Å². The number of ether oxygens (including phenoxy) is 2. The first-order valence-corrected chi connectivity index (χ1v) is 16.2. The quantitative estimate of drug-likeness (QED) is 0.375. The summed E-state index contributed by atoms with van der Waals surface area (Å²) in [5, 5.41) is 19.1. The van der Waals surface area contributed by atoms with Crippen molar-refractivity contribution in [1.29, 1.82) is 0 Å². The van der Waals surface area contributed by atoms with Crippen molar-refractivity contribution in [3.8, 4) is 0 Å². The van der Waals surface area contributed by atoms with Gasteiger partial charge in [-0.05, 0) is 68.2 Å². The van der Waals surface area contributed by atoms with E-state index >= 15 is 0 Å². The molecule has 5 fully saturated rings. The molecule has 2 amide bonds. The molecule has 6 aliphatic heterocycles. The fraction of sp³-hybridized carbons (Fsp3) is 0.677. The van der Waals surface area contributed by atoms with Gasteiger partial charge in [0, 0.05) is 31.9 Å². The minimum absolute atomic E-state index is 0.0336. The summed E-state index contributed by atoms with van der Waals surface area (Å²) in [4.78, 5) is 30.8. The van der Waals surface area contributed by atoms with Crippen LogP contribution in [0.3, 0.4) is 0 Å². The Morgan fingerprint density at radius 2 is 2.02 bits per heavy atom. The monoisotopic (exact) mass is 592 g/mol. The Kier molecular flexibility index (Phi) is 7.11. The highest BCUT2D eigenvalue weighted by Crippen LogP contribution is 2.54. The number of fused-ring (bicyclic) bond motifs is 7. The van der Waals surface area contributed by atoms with Crippen LogP contribution in [0.5, 0.6) is 0 Å². The standard InChI is InChI=1S/C31H44N8O4/c1-42-30(41)37-15-10-20-6-7-21(18-23(20)31(37)11-12-31)33-29-32-19-22-26(35-29)39-25-9-8-24-27(34-25)36(16-17-43-24)13-4-2-3-5-14-38(39)28(22)40/h3,5-7,18,22,24-27,29,32-35H,2,4,8-17,19H2,1H3/b5-3-. The smallest absolute Gasteiger partial charge is 0.410 e. The van der Waals surface area contributed by atoms with Gasteiger partial charge in [0.2, 0.25) is 5.91 Å². The van der Waals surface area contributed by atoms with E-state index in [2.05, 4.69) is 61.5 Å². The highest BCUT2D eigenvalue weighted by Gasteiger charge is 2.55. The van der Waals surface area contributed by atoms with Gasteiger partial charge < -0.3 is 14.8 Å². The number of carbonyl (C=O) groups excluding carboxylic acids is 2. The lowest BCUT2D eigenvalue weighted by Gasteiger charge is -2.51. The van der Waals surface area contributed by atoms with Crippen molar-refractivity contribution in [1.82, 2.24) is 35.8 Å². The molecular weight excluding hydrogens is 548 g/mol. The molecule has 0 aromatic heterocycles. The van der Waals surface area contributed by atoms with Crippen LogP contribution in [0.25, 0.3) is 0 Å². The Morgan fingerprint density at radius 1 is 1.12 bits per heavy atom. The van der Waals surface area contributed by atoms with E-state index in [0.717, 1.165) is 70.3 Å². The van der Waals surface area contributed by atoms with Crippen molar-refractivity contribution in [2.75, 3.05) is 51.8 Å². The minimum atomic E-state index is -0.247. The zero-order valence-electron chi connectivity index (χ0n) is 25.0. The summed E-state index contributed by atoms with van der Waals surface area (Å²) >= 11 is 0. The number of nitrogens with zero attached hydrogens (tertiary/aromatic N) is 4. The van der Waals surface area contributed by atoms with Crippen molar-refractivity contribution >= 4 is 17.7 Å². The molecule has 4 saturated heterocycles. The largest absolute Gasteiger partial charge is 0.453 e. The van der Waals surface area contributed by atoms with E-state index in [1.165, 1.54) is 18.2 Å². The SMILES string of the molecule is COC(=O)N1CCc2ccc(NC3NCC4C(=O)N5C/C=C\CCCN6CCOC7CCC(NC76)N5C4N3)cc2C12CC2. The first-order chi connectivity index (χ1) is 21.1. The number of carbonyl (C=O) groups is 2. The third-order valence-corrected chi connectivity index (χ3v) is 10.7. The third-order valence-electron chi connectivity index (χ3n) is 10.7. The van der Waals surface area contributed by atoms with Crippen molar-refractivity contribution in [3.05, 3.63) is 41.5 Å². The highest BCUT2D eigenvalue weighted by atomic mass is 16.5. The number of morpholine rings is 1. The molecule has 1 aromatic carbocycles. The van der Waals surface area contributed by atoms with Gasteiger partial charge in [0.25, 0.3) is 0 Å². The number of anilines is 1. The van der Waals surface area contributed by atoms with E-state index in [-0.39, 0.29) is 54.3 Å². The molecule has 4 N–H and O–H groups in total. The second kappa shape index (κ2) is 11.0. The maximum Gasteiger partial charge on any atom is 0.410 e. The fourth-order valence-electron chi connectivity index (χ4n) is 8.40. The van der Waals surface area contributed by atoms with E-state index < -0.39 is 0 Å². The van der Waals surface area contributed by atoms with Gasteiger partial charge in [-0.1, -0.05) is 18.2 Å². The first-order valence-electron chi connectivity index (χ1n) is 16.2. The number of rotatable bonds is 2. The van der Waals surface area contributed by atoms with E-state index in [4.69, 9.17) is 9.47 Å². The molecule has 0 radical (unpaired) electrons. The summed E-state index contributed by atoms with van der Waals surface area (Å²) in [7, 11) is 1.46. The average Bonchev–Trinajstić information content (AvgIpc) is 3.76. The molecule has 6 atom stereocenters. The second-order valence-corrected chi connectivity index (χ2v) is 13.0. The molecule has 6 heterocycles. The molecule has 1 aliphatic carbocycles.